The summed E-state index contributed by atoms with van der Waals surface area (Å²) in [4.78, 5) is 59.9. The van der Waals surface area contributed by atoms with E-state index in [9.17, 15) is 24.0 Å². The quantitative estimate of drug-likeness (QED) is 0.222. The molecule has 11 nitrogen and oxygen atoms in total. The summed E-state index contributed by atoms with van der Waals surface area (Å²) >= 11 is 0. The van der Waals surface area contributed by atoms with Gasteiger partial charge in [-0.25, -0.2) is 4.79 Å². The molecule has 0 fully saturated rings. The normalized spacial score (nSPS) is 15.3. The molecule has 4 atom stereocenters. The smallest absolute Gasteiger partial charge is 0.326 e. The number of carbonyl (C=O) groups excluding carboxylic acids is 4. The van der Waals surface area contributed by atoms with Crippen LogP contribution in [0.25, 0.3) is 0 Å². The Kier molecular flexibility index (Phi) is 11.0. The third-order valence-electron chi connectivity index (χ3n) is 4.53. The lowest BCUT2D eigenvalue weighted by Crippen LogP contribution is -2.60. The van der Waals surface area contributed by atoms with Crippen molar-refractivity contribution in [3.05, 3.63) is 0 Å². The number of nitrogens with two attached hydrogens (primary N) is 2. The first kappa shape index (κ1) is 27.3. The van der Waals surface area contributed by atoms with Gasteiger partial charge in [-0.2, -0.15) is 0 Å². The first-order valence-electron chi connectivity index (χ1n) is 9.86. The van der Waals surface area contributed by atoms with Gasteiger partial charge in [0.25, 0.3) is 0 Å². The largest absolute Gasteiger partial charge is 0.480 e. The van der Waals surface area contributed by atoms with Crippen molar-refractivity contribution in [2.24, 2.45) is 29.2 Å². The maximum absolute atomic E-state index is 12.8. The average Bonchev–Trinajstić information content (AvgIpc) is 2.60. The molecule has 4 amide bonds. The minimum Gasteiger partial charge on any atom is -0.480 e. The van der Waals surface area contributed by atoms with Crippen LogP contribution in [-0.4, -0.2) is 58.9 Å². The van der Waals surface area contributed by atoms with Crippen LogP contribution in [0.15, 0.2) is 0 Å². The summed E-state index contributed by atoms with van der Waals surface area (Å²) in [5.41, 5.74) is 10.8. The standard InChI is InChI=1S/C19H35N5O6/c1-8(2)13(21)16(26)23-15(10(5)6)18(28)24-14(9(3)4)17(27)22-11(19(29)30)7-12(20)25/h8-11,13-15H,7,21H2,1-6H3,(H2,20,25)(H,22,27)(H,23,26)(H,24,28)(H,29,30). The summed E-state index contributed by atoms with van der Waals surface area (Å²) in [6.07, 6.45) is -0.586. The van der Waals surface area contributed by atoms with E-state index >= 15 is 0 Å². The van der Waals surface area contributed by atoms with Crippen LogP contribution >= 0.6 is 0 Å². The molecule has 11 heteroatoms. The molecule has 0 aliphatic carbocycles. The molecule has 0 rings (SSSR count). The van der Waals surface area contributed by atoms with Crippen molar-refractivity contribution in [1.29, 1.82) is 0 Å². The topological polar surface area (TPSA) is 194 Å². The number of primary amides is 1. The predicted molar refractivity (Wildman–Crippen MR) is 110 cm³/mol. The molecule has 0 aliphatic rings. The van der Waals surface area contributed by atoms with Gasteiger partial charge in [0.1, 0.15) is 18.1 Å². The molecule has 0 spiro atoms. The Balaban J connectivity index is 5.39. The number of carbonyl (C=O) groups is 5. The zero-order valence-electron chi connectivity index (χ0n) is 18.4. The zero-order chi connectivity index (χ0) is 23.8. The Morgan fingerprint density at radius 2 is 1.13 bits per heavy atom. The van der Waals surface area contributed by atoms with E-state index < -0.39 is 66.1 Å². The molecule has 0 bridgehead atoms. The van der Waals surface area contributed by atoms with Crippen molar-refractivity contribution >= 4 is 29.6 Å². The Bertz CT molecular complexity index is 649. The van der Waals surface area contributed by atoms with E-state index in [1.54, 1.807) is 41.5 Å². The summed E-state index contributed by atoms with van der Waals surface area (Å²) in [5, 5.41) is 16.5. The minimum absolute atomic E-state index is 0.131. The molecule has 30 heavy (non-hydrogen) atoms. The number of nitrogens with one attached hydrogen (secondary N) is 3. The monoisotopic (exact) mass is 429 g/mol. The van der Waals surface area contributed by atoms with Crippen molar-refractivity contribution in [2.75, 3.05) is 0 Å². The van der Waals surface area contributed by atoms with E-state index in [-0.39, 0.29) is 11.8 Å². The van der Waals surface area contributed by atoms with Gasteiger partial charge in [-0.1, -0.05) is 41.5 Å². The fraction of sp³-hybridized carbons (Fsp3) is 0.737. The summed E-state index contributed by atoms with van der Waals surface area (Å²) < 4.78 is 0. The van der Waals surface area contributed by atoms with Crippen molar-refractivity contribution in [1.82, 2.24) is 16.0 Å². The molecule has 0 aromatic carbocycles. The second-order valence-corrected chi connectivity index (χ2v) is 8.30. The van der Waals surface area contributed by atoms with Gasteiger partial charge < -0.3 is 32.5 Å². The molecule has 4 unspecified atom stereocenters. The maximum atomic E-state index is 12.8. The predicted octanol–water partition coefficient (Wildman–Crippen LogP) is -1.30. The minimum atomic E-state index is -1.52. The van der Waals surface area contributed by atoms with E-state index in [1.165, 1.54) is 0 Å². The van der Waals surface area contributed by atoms with Crippen LogP contribution in [0.4, 0.5) is 0 Å². The van der Waals surface area contributed by atoms with E-state index in [0.29, 0.717) is 0 Å². The summed E-state index contributed by atoms with van der Waals surface area (Å²) in [6.45, 7) is 10.3. The van der Waals surface area contributed by atoms with Crippen LogP contribution < -0.4 is 27.4 Å². The van der Waals surface area contributed by atoms with Crippen molar-refractivity contribution in [3.8, 4) is 0 Å². The second kappa shape index (κ2) is 12.1. The third kappa shape index (κ3) is 8.76. The average molecular weight is 430 g/mol. The molecule has 0 heterocycles. The number of hydrogen-bond acceptors (Lipinski definition) is 6. The molecule has 8 N–H and O–H groups in total. The molecule has 0 aliphatic heterocycles. The van der Waals surface area contributed by atoms with E-state index in [4.69, 9.17) is 16.6 Å². The van der Waals surface area contributed by atoms with Gasteiger partial charge in [0, 0.05) is 0 Å². The van der Waals surface area contributed by atoms with E-state index in [2.05, 4.69) is 16.0 Å². The number of aliphatic carboxylic acids is 1. The molecule has 0 saturated carbocycles. The first-order valence-corrected chi connectivity index (χ1v) is 9.86. The summed E-state index contributed by atoms with van der Waals surface area (Å²) in [5.74, 6) is -5.03. The highest BCUT2D eigenvalue weighted by Gasteiger charge is 2.33. The number of amides is 4. The van der Waals surface area contributed by atoms with Crippen molar-refractivity contribution < 1.29 is 29.1 Å². The lowest BCUT2D eigenvalue weighted by molar-refractivity contribution is -0.144. The molecule has 172 valence electrons. The molecule has 0 aromatic rings. The molecule has 0 radical (unpaired) electrons. The summed E-state index contributed by atoms with van der Waals surface area (Å²) in [6, 6.07) is -4.35. The van der Waals surface area contributed by atoms with Crippen molar-refractivity contribution in [2.45, 2.75) is 72.1 Å². The van der Waals surface area contributed by atoms with Crippen LogP contribution in [-0.2, 0) is 24.0 Å². The number of carboxylic acid groups (broad SMARTS) is 1. The van der Waals surface area contributed by atoms with Gasteiger partial charge in [0.2, 0.25) is 23.6 Å². The summed E-state index contributed by atoms with van der Waals surface area (Å²) in [7, 11) is 0. The third-order valence-corrected chi connectivity index (χ3v) is 4.53. The fourth-order valence-corrected chi connectivity index (χ4v) is 2.53. The Hall–Kier alpha value is -2.69. The molecule has 0 aromatic heterocycles. The SMILES string of the molecule is CC(C)C(N)C(=O)NC(C(=O)NC(C(=O)NC(CC(N)=O)C(=O)O)C(C)C)C(C)C. The highest BCUT2D eigenvalue weighted by atomic mass is 16.4. The first-order chi connectivity index (χ1) is 13.7. The number of rotatable bonds is 12. The Morgan fingerprint density at radius 1 is 0.733 bits per heavy atom. The van der Waals surface area contributed by atoms with Crippen LogP contribution in [0, 0.1) is 17.8 Å². The van der Waals surface area contributed by atoms with Crippen molar-refractivity contribution in [3.63, 3.8) is 0 Å². The zero-order valence-corrected chi connectivity index (χ0v) is 18.4. The van der Waals surface area contributed by atoms with Crippen LogP contribution in [0.2, 0.25) is 0 Å². The van der Waals surface area contributed by atoms with Gasteiger partial charge in [0.15, 0.2) is 0 Å². The number of carboxylic acids is 1. The second-order valence-electron chi connectivity index (χ2n) is 8.30. The maximum Gasteiger partial charge on any atom is 0.326 e. The lowest BCUT2D eigenvalue weighted by atomic mass is 9.98. The molecular weight excluding hydrogens is 394 g/mol. The van der Waals surface area contributed by atoms with Gasteiger partial charge in [-0.05, 0) is 17.8 Å². The fourth-order valence-electron chi connectivity index (χ4n) is 2.53. The number of hydrogen-bond donors (Lipinski definition) is 6. The van der Waals surface area contributed by atoms with E-state index in [0.717, 1.165) is 0 Å². The molecule has 0 saturated heterocycles. The highest BCUT2D eigenvalue weighted by molar-refractivity contribution is 5.95. The van der Waals surface area contributed by atoms with E-state index in [1.807, 2.05) is 0 Å². The van der Waals surface area contributed by atoms with Gasteiger partial charge in [-0.3, -0.25) is 19.2 Å². The Labute approximate surface area is 176 Å². The van der Waals surface area contributed by atoms with Crippen LogP contribution in [0.5, 0.6) is 0 Å². The van der Waals surface area contributed by atoms with Gasteiger partial charge in [-0.15, -0.1) is 0 Å². The highest BCUT2D eigenvalue weighted by Crippen LogP contribution is 2.09. The Morgan fingerprint density at radius 3 is 1.47 bits per heavy atom. The van der Waals surface area contributed by atoms with Gasteiger partial charge >= 0.3 is 5.97 Å². The molecular formula is C19H35N5O6. The lowest BCUT2D eigenvalue weighted by Gasteiger charge is -2.28. The van der Waals surface area contributed by atoms with Gasteiger partial charge in [0.05, 0.1) is 12.5 Å². The van der Waals surface area contributed by atoms with Crippen LogP contribution in [0.3, 0.4) is 0 Å². The van der Waals surface area contributed by atoms with Crippen LogP contribution in [0.1, 0.15) is 48.0 Å².